The van der Waals surface area contributed by atoms with Crippen molar-refractivity contribution in [2.24, 2.45) is 0 Å². The molecule has 1 saturated heterocycles. The first-order valence-electron chi connectivity index (χ1n) is 7.50. The molecule has 1 spiro atoms. The van der Waals surface area contributed by atoms with Gasteiger partial charge in [0.05, 0.1) is 16.4 Å². The Morgan fingerprint density at radius 2 is 2.10 bits per heavy atom. The molecule has 2 unspecified atom stereocenters. The van der Waals surface area contributed by atoms with Crippen molar-refractivity contribution in [3.8, 4) is 0 Å². The van der Waals surface area contributed by atoms with Crippen molar-refractivity contribution in [2.75, 3.05) is 12.3 Å². The summed E-state index contributed by atoms with van der Waals surface area (Å²) in [6.07, 6.45) is 6.63. The van der Waals surface area contributed by atoms with Gasteiger partial charge in [0, 0.05) is 22.4 Å². The van der Waals surface area contributed by atoms with Crippen molar-refractivity contribution < 1.29 is 8.95 Å². The van der Waals surface area contributed by atoms with Gasteiger partial charge in [0.25, 0.3) is 0 Å². The Morgan fingerprint density at radius 3 is 2.80 bits per heavy atom. The van der Waals surface area contributed by atoms with Crippen LogP contribution < -0.4 is 5.73 Å². The Hall–Kier alpha value is -0.870. The molecule has 1 aromatic rings. The molecule has 2 aliphatic rings. The second kappa shape index (κ2) is 5.49. The van der Waals surface area contributed by atoms with E-state index < -0.39 is 10.8 Å². The molecule has 3 rings (SSSR count). The molecule has 0 bridgehead atoms. The smallest absolute Gasteiger partial charge is 0.0694 e. The minimum Gasteiger partial charge on any atom is -0.399 e. The zero-order valence-electron chi connectivity index (χ0n) is 12.1. The van der Waals surface area contributed by atoms with Crippen LogP contribution in [0.5, 0.6) is 0 Å². The molecular formula is C16H23NO2S. The fourth-order valence-electron chi connectivity index (χ4n) is 3.61. The van der Waals surface area contributed by atoms with E-state index in [0.29, 0.717) is 0 Å². The second-order valence-electron chi connectivity index (χ2n) is 6.18. The van der Waals surface area contributed by atoms with E-state index in [0.717, 1.165) is 48.4 Å². The third-order valence-corrected chi connectivity index (χ3v) is 6.58. The van der Waals surface area contributed by atoms with E-state index >= 15 is 0 Å². The third kappa shape index (κ3) is 2.63. The average Bonchev–Trinajstić information content (AvgIpc) is 2.86. The lowest BCUT2D eigenvalue weighted by Gasteiger charge is -2.38. The monoisotopic (exact) mass is 293 g/mol. The largest absolute Gasteiger partial charge is 0.399 e. The highest BCUT2D eigenvalue weighted by atomic mass is 32.2. The van der Waals surface area contributed by atoms with E-state index in [2.05, 4.69) is 0 Å². The molecule has 1 heterocycles. The van der Waals surface area contributed by atoms with Crippen LogP contribution in [0.25, 0.3) is 0 Å². The fraction of sp³-hybridized carbons (Fsp3) is 0.625. The zero-order valence-corrected chi connectivity index (χ0v) is 12.9. The predicted molar refractivity (Wildman–Crippen MR) is 82.2 cm³/mol. The van der Waals surface area contributed by atoms with Gasteiger partial charge in [-0.2, -0.15) is 0 Å². The van der Waals surface area contributed by atoms with Gasteiger partial charge in [-0.1, -0.05) is 12.8 Å². The summed E-state index contributed by atoms with van der Waals surface area (Å²) >= 11 is 0. The van der Waals surface area contributed by atoms with Crippen LogP contribution in [0.2, 0.25) is 0 Å². The van der Waals surface area contributed by atoms with E-state index in [9.17, 15) is 4.21 Å². The molecule has 1 aliphatic carbocycles. The third-order valence-electron chi connectivity index (χ3n) is 4.68. The van der Waals surface area contributed by atoms with Crippen molar-refractivity contribution in [2.45, 2.75) is 61.2 Å². The van der Waals surface area contributed by atoms with E-state index in [1.807, 2.05) is 25.1 Å². The SMILES string of the molecule is Cc1cc(N)ccc1S(=O)C1CCOC2(CCCC2)C1. The summed E-state index contributed by atoms with van der Waals surface area (Å²) in [6.45, 7) is 2.75. The summed E-state index contributed by atoms with van der Waals surface area (Å²) in [5.74, 6) is 0. The van der Waals surface area contributed by atoms with Gasteiger partial charge in [0.15, 0.2) is 0 Å². The second-order valence-corrected chi connectivity index (χ2v) is 7.88. The number of hydrogen-bond acceptors (Lipinski definition) is 3. The van der Waals surface area contributed by atoms with E-state index in [1.54, 1.807) is 0 Å². The minimum absolute atomic E-state index is 0.0281. The highest BCUT2D eigenvalue weighted by molar-refractivity contribution is 7.85. The summed E-state index contributed by atoms with van der Waals surface area (Å²) in [5.41, 5.74) is 7.59. The van der Waals surface area contributed by atoms with E-state index in [-0.39, 0.29) is 10.9 Å². The van der Waals surface area contributed by atoms with Crippen molar-refractivity contribution in [3.63, 3.8) is 0 Å². The molecule has 1 aliphatic heterocycles. The number of nitrogens with two attached hydrogens (primary N) is 1. The first-order valence-corrected chi connectivity index (χ1v) is 8.72. The van der Waals surface area contributed by atoms with Crippen molar-refractivity contribution in [1.29, 1.82) is 0 Å². The number of aryl methyl sites for hydroxylation is 1. The normalized spacial score (nSPS) is 26.8. The molecule has 1 saturated carbocycles. The molecule has 4 heteroatoms. The standard InChI is InChI=1S/C16H23NO2S/c1-12-10-13(17)4-5-15(12)20(18)14-6-9-19-16(11-14)7-2-3-8-16/h4-5,10,14H,2-3,6-9,11,17H2,1H3. The van der Waals surface area contributed by atoms with Crippen LogP contribution in [0, 0.1) is 6.92 Å². The number of nitrogen functional groups attached to an aromatic ring is 1. The predicted octanol–water partition coefficient (Wildman–Crippen LogP) is 3.18. The maximum Gasteiger partial charge on any atom is 0.0694 e. The highest BCUT2D eigenvalue weighted by Crippen LogP contribution is 2.42. The van der Waals surface area contributed by atoms with Gasteiger partial charge in [0.1, 0.15) is 0 Å². The quantitative estimate of drug-likeness (QED) is 0.852. The van der Waals surface area contributed by atoms with Gasteiger partial charge in [-0.3, -0.25) is 4.21 Å². The lowest BCUT2D eigenvalue weighted by atomic mass is 9.92. The summed E-state index contributed by atoms with van der Waals surface area (Å²) in [7, 11) is -0.947. The Morgan fingerprint density at radius 1 is 1.35 bits per heavy atom. The maximum absolute atomic E-state index is 12.9. The molecule has 0 radical (unpaired) electrons. The first-order chi connectivity index (χ1) is 9.60. The van der Waals surface area contributed by atoms with Crippen LogP contribution in [-0.4, -0.2) is 21.7 Å². The van der Waals surface area contributed by atoms with Gasteiger partial charge < -0.3 is 10.5 Å². The van der Waals surface area contributed by atoms with Crippen LogP contribution in [0.1, 0.15) is 44.1 Å². The topological polar surface area (TPSA) is 52.3 Å². The number of anilines is 1. The minimum atomic E-state index is -0.947. The average molecular weight is 293 g/mol. The molecule has 1 aromatic carbocycles. The number of ether oxygens (including phenoxy) is 1. The summed E-state index contributed by atoms with van der Waals surface area (Å²) < 4.78 is 18.9. The highest BCUT2D eigenvalue weighted by Gasteiger charge is 2.41. The molecule has 110 valence electrons. The summed E-state index contributed by atoms with van der Waals surface area (Å²) in [5, 5.41) is 0.226. The zero-order chi connectivity index (χ0) is 14.2. The molecule has 2 atom stereocenters. The van der Waals surface area contributed by atoms with Crippen LogP contribution in [0.15, 0.2) is 23.1 Å². The van der Waals surface area contributed by atoms with E-state index in [4.69, 9.17) is 10.5 Å². The Labute approximate surface area is 123 Å². The number of benzene rings is 1. The van der Waals surface area contributed by atoms with E-state index in [1.165, 1.54) is 12.8 Å². The Bertz CT molecular complexity index is 523. The molecular weight excluding hydrogens is 270 g/mol. The van der Waals surface area contributed by atoms with Crippen LogP contribution in [-0.2, 0) is 15.5 Å². The number of rotatable bonds is 2. The van der Waals surface area contributed by atoms with Crippen LogP contribution >= 0.6 is 0 Å². The van der Waals surface area contributed by atoms with Gasteiger partial charge >= 0.3 is 0 Å². The molecule has 3 nitrogen and oxygen atoms in total. The van der Waals surface area contributed by atoms with Crippen molar-refractivity contribution >= 4 is 16.5 Å². The Balaban J connectivity index is 1.79. The van der Waals surface area contributed by atoms with Gasteiger partial charge in [-0.05, 0) is 56.4 Å². The number of hydrogen-bond donors (Lipinski definition) is 1. The van der Waals surface area contributed by atoms with Crippen LogP contribution in [0.3, 0.4) is 0 Å². The maximum atomic E-state index is 12.9. The molecule has 0 amide bonds. The molecule has 2 fully saturated rings. The van der Waals surface area contributed by atoms with Crippen molar-refractivity contribution in [1.82, 2.24) is 0 Å². The van der Waals surface area contributed by atoms with Gasteiger partial charge in [-0.15, -0.1) is 0 Å². The lowest BCUT2D eigenvalue weighted by Crippen LogP contribution is -2.41. The molecule has 2 N–H and O–H groups in total. The Kier molecular flexibility index (Phi) is 3.87. The molecule has 20 heavy (non-hydrogen) atoms. The summed E-state index contributed by atoms with van der Waals surface area (Å²) in [4.78, 5) is 0.944. The van der Waals surface area contributed by atoms with Crippen LogP contribution in [0.4, 0.5) is 5.69 Å². The van der Waals surface area contributed by atoms with Gasteiger partial charge in [0.2, 0.25) is 0 Å². The lowest BCUT2D eigenvalue weighted by molar-refractivity contribution is -0.0708. The first kappa shape index (κ1) is 14.1. The summed E-state index contributed by atoms with van der Waals surface area (Å²) in [6, 6.07) is 5.69. The van der Waals surface area contributed by atoms with Gasteiger partial charge in [-0.25, -0.2) is 0 Å². The van der Waals surface area contributed by atoms with Crippen molar-refractivity contribution in [3.05, 3.63) is 23.8 Å². The molecule has 0 aromatic heterocycles. The fourth-order valence-corrected chi connectivity index (χ4v) is 5.31.